The Labute approximate surface area is 285 Å². The summed E-state index contributed by atoms with van der Waals surface area (Å²) in [6.45, 7) is 2.08. The normalized spacial score (nSPS) is 11.0. The third-order valence-electron chi connectivity index (χ3n) is 8.51. The molecule has 8 rings (SSSR count). The van der Waals surface area contributed by atoms with Gasteiger partial charge in [0.2, 0.25) is 0 Å². The Morgan fingerprint density at radius 2 is 0.694 bits per heavy atom. The summed E-state index contributed by atoms with van der Waals surface area (Å²) in [7, 11) is 0. The van der Waals surface area contributed by atoms with Crippen LogP contribution >= 0.6 is 0 Å². The number of rotatable bonds is 7. The number of benzene rings is 5. The Balaban J connectivity index is 1.17. The van der Waals surface area contributed by atoms with E-state index >= 15 is 0 Å². The van der Waals surface area contributed by atoms with Crippen LogP contribution in [0.4, 0.5) is 0 Å². The third-order valence-corrected chi connectivity index (χ3v) is 8.51. The van der Waals surface area contributed by atoms with Gasteiger partial charge in [0.1, 0.15) is 0 Å². The van der Waals surface area contributed by atoms with E-state index in [9.17, 15) is 0 Å². The van der Waals surface area contributed by atoms with Crippen LogP contribution in [-0.2, 0) is 0 Å². The molecule has 8 aromatic rings. The summed E-state index contributed by atoms with van der Waals surface area (Å²) in [6.07, 6.45) is 3.64. The van der Waals surface area contributed by atoms with E-state index in [1.54, 1.807) is 0 Å². The van der Waals surface area contributed by atoms with Gasteiger partial charge in [-0.3, -0.25) is 9.97 Å². The molecule has 3 heterocycles. The van der Waals surface area contributed by atoms with Gasteiger partial charge in [-0.1, -0.05) is 121 Å². The van der Waals surface area contributed by atoms with Crippen molar-refractivity contribution in [1.82, 2.24) is 24.9 Å². The number of hydrogen-bond acceptors (Lipinski definition) is 5. The molecule has 0 saturated heterocycles. The van der Waals surface area contributed by atoms with Crippen LogP contribution < -0.4 is 0 Å². The molecule has 0 spiro atoms. The maximum Gasteiger partial charge on any atom is 0.164 e. The van der Waals surface area contributed by atoms with E-state index in [2.05, 4.69) is 132 Å². The standard InChI is InChI=1S/C44H31N5/c1-30-9-6-12-37(27-30)42-47-43(38-13-7-10-35(28-38)31-17-21-33(22-18-31)40-15-2-4-25-45-40)49-44(48-42)39-14-8-11-36(29-39)32-19-23-34(24-20-32)41-16-3-5-26-46-41/h2-29H,1H3. The first-order chi connectivity index (χ1) is 24.2. The molecule has 0 radical (unpaired) electrons. The topological polar surface area (TPSA) is 64.5 Å². The maximum absolute atomic E-state index is 5.06. The van der Waals surface area contributed by atoms with Crippen molar-refractivity contribution in [2.24, 2.45) is 0 Å². The van der Waals surface area contributed by atoms with Crippen LogP contribution in [0.5, 0.6) is 0 Å². The molecule has 5 aromatic carbocycles. The summed E-state index contributed by atoms with van der Waals surface area (Å²) in [5.74, 6) is 1.89. The van der Waals surface area contributed by atoms with E-state index in [4.69, 9.17) is 15.0 Å². The highest BCUT2D eigenvalue weighted by Crippen LogP contribution is 2.31. The van der Waals surface area contributed by atoms with Crippen LogP contribution in [0.2, 0.25) is 0 Å². The van der Waals surface area contributed by atoms with Crippen molar-refractivity contribution in [3.8, 4) is 78.9 Å². The molecule has 0 bridgehead atoms. The molecule has 0 unspecified atom stereocenters. The lowest BCUT2D eigenvalue weighted by Gasteiger charge is -2.11. The van der Waals surface area contributed by atoms with Gasteiger partial charge in [-0.25, -0.2) is 15.0 Å². The van der Waals surface area contributed by atoms with Crippen LogP contribution in [0.15, 0.2) is 170 Å². The van der Waals surface area contributed by atoms with Gasteiger partial charge in [-0.2, -0.15) is 0 Å². The summed E-state index contributed by atoms with van der Waals surface area (Å²) in [5.41, 5.74) is 12.4. The van der Waals surface area contributed by atoms with Crippen molar-refractivity contribution in [2.45, 2.75) is 6.92 Å². The zero-order chi connectivity index (χ0) is 33.0. The summed E-state index contributed by atoms with van der Waals surface area (Å²) in [4.78, 5) is 24.1. The first kappa shape index (κ1) is 29.8. The van der Waals surface area contributed by atoms with Gasteiger partial charge < -0.3 is 0 Å². The van der Waals surface area contributed by atoms with E-state index in [0.29, 0.717) is 17.5 Å². The first-order valence-electron chi connectivity index (χ1n) is 16.2. The summed E-state index contributed by atoms with van der Waals surface area (Å²) >= 11 is 0. The van der Waals surface area contributed by atoms with Gasteiger partial charge in [-0.05, 0) is 71.6 Å². The second kappa shape index (κ2) is 13.3. The van der Waals surface area contributed by atoms with Crippen LogP contribution in [0.1, 0.15) is 5.56 Å². The highest BCUT2D eigenvalue weighted by atomic mass is 15.0. The Morgan fingerprint density at radius 3 is 1.10 bits per heavy atom. The van der Waals surface area contributed by atoms with Gasteiger partial charge in [0.25, 0.3) is 0 Å². The minimum atomic E-state index is 0.624. The van der Waals surface area contributed by atoms with Crippen LogP contribution in [0, 0.1) is 6.92 Å². The fourth-order valence-corrected chi connectivity index (χ4v) is 5.96. The minimum Gasteiger partial charge on any atom is -0.256 e. The van der Waals surface area contributed by atoms with Gasteiger partial charge in [0.05, 0.1) is 11.4 Å². The maximum atomic E-state index is 5.06. The van der Waals surface area contributed by atoms with Gasteiger partial charge in [-0.15, -0.1) is 0 Å². The highest BCUT2D eigenvalue weighted by molar-refractivity contribution is 5.76. The molecular weight excluding hydrogens is 599 g/mol. The zero-order valence-corrected chi connectivity index (χ0v) is 26.9. The molecule has 0 aliphatic rings. The molecule has 0 atom stereocenters. The van der Waals surface area contributed by atoms with E-state index in [0.717, 1.165) is 67.0 Å². The lowest BCUT2D eigenvalue weighted by Crippen LogP contribution is -2.00. The average molecular weight is 630 g/mol. The molecule has 5 nitrogen and oxygen atoms in total. The van der Waals surface area contributed by atoms with E-state index in [1.807, 2.05) is 54.9 Å². The second-order valence-electron chi connectivity index (χ2n) is 11.9. The molecule has 5 heteroatoms. The lowest BCUT2D eigenvalue weighted by molar-refractivity contribution is 1.07. The number of aromatic nitrogens is 5. The van der Waals surface area contributed by atoms with Gasteiger partial charge in [0.15, 0.2) is 17.5 Å². The number of nitrogens with zero attached hydrogens (tertiary/aromatic N) is 5. The predicted molar refractivity (Wildman–Crippen MR) is 198 cm³/mol. The Morgan fingerprint density at radius 1 is 0.306 bits per heavy atom. The molecular formula is C44H31N5. The Bertz CT molecular complexity index is 2230. The van der Waals surface area contributed by atoms with Gasteiger partial charge >= 0.3 is 0 Å². The van der Waals surface area contributed by atoms with Crippen LogP contribution in [0.25, 0.3) is 78.9 Å². The van der Waals surface area contributed by atoms with E-state index in [1.165, 1.54) is 0 Å². The van der Waals surface area contributed by atoms with Crippen molar-refractivity contribution in [3.63, 3.8) is 0 Å². The summed E-state index contributed by atoms with van der Waals surface area (Å²) in [5, 5.41) is 0. The van der Waals surface area contributed by atoms with Crippen molar-refractivity contribution >= 4 is 0 Å². The fourth-order valence-electron chi connectivity index (χ4n) is 5.96. The number of pyridine rings is 2. The smallest absolute Gasteiger partial charge is 0.164 e. The number of aryl methyl sites for hydroxylation is 1. The van der Waals surface area contributed by atoms with Crippen molar-refractivity contribution in [3.05, 3.63) is 176 Å². The summed E-state index contributed by atoms with van der Waals surface area (Å²) < 4.78 is 0. The van der Waals surface area contributed by atoms with Gasteiger partial charge in [0, 0.05) is 40.2 Å². The quantitative estimate of drug-likeness (QED) is 0.175. The molecule has 3 aromatic heterocycles. The van der Waals surface area contributed by atoms with E-state index in [-0.39, 0.29) is 0 Å². The van der Waals surface area contributed by atoms with Crippen LogP contribution in [-0.4, -0.2) is 24.9 Å². The van der Waals surface area contributed by atoms with Crippen molar-refractivity contribution in [2.75, 3.05) is 0 Å². The third kappa shape index (κ3) is 6.51. The molecule has 232 valence electrons. The zero-order valence-electron chi connectivity index (χ0n) is 26.9. The average Bonchev–Trinajstić information content (AvgIpc) is 3.19. The molecule has 0 aliphatic heterocycles. The van der Waals surface area contributed by atoms with Crippen molar-refractivity contribution in [1.29, 1.82) is 0 Å². The Kier molecular flexibility index (Phi) is 8.06. The van der Waals surface area contributed by atoms with E-state index < -0.39 is 0 Å². The second-order valence-corrected chi connectivity index (χ2v) is 11.9. The fraction of sp³-hybridized carbons (Fsp3) is 0.0227. The summed E-state index contributed by atoms with van der Waals surface area (Å²) in [6, 6.07) is 53.9. The molecule has 0 aliphatic carbocycles. The highest BCUT2D eigenvalue weighted by Gasteiger charge is 2.14. The molecule has 0 saturated carbocycles. The monoisotopic (exact) mass is 629 g/mol. The molecule has 0 fully saturated rings. The lowest BCUT2D eigenvalue weighted by atomic mass is 10.00. The molecule has 49 heavy (non-hydrogen) atoms. The minimum absolute atomic E-state index is 0.624. The molecule has 0 amide bonds. The number of hydrogen-bond donors (Lipinski definition) is 0. The van der Waals surface area contributed by atoms with Crippen molar-refractivity contribution < 1.29 is 0 Å². The largest absolute Gasteiger partial charge is 0.256 e. The predicted octanol–water partition coefficient (Wildman–Crippen LogP) is 10.6. The van der Waals surface area contributed by atoms with Crippen LogP contribution in [0.3, 0.4) is 0 Å². The molecule has 0 N–H and O–H groups in total. The first-order valence-corrected chi connectivity index (χ1v) is 16.2. The Hall–Kier alpha value is -6.59. The SMILES string of the molecule is Cc1cccc(-c2nc(-c3cccc(-c4ccc(-c5ccccn5)cc4)c3)nc(-c3cccc(-c4ccc(-c5ccccn5)cc4)c3)n2)c1.